The highest BCUT2D eigenvalue weighted by Gasteiger charge is 2.54. The summed E-state index contributed by atoms with van der Waals surface area (Å²) in [6.07, 6.45) is 16.7. The third-order valence-electron chi connectivity index (χ3n) is 7.45. The van der Waals surface area contributed by atoms with E-state index >= 15 is 0 Å². The average Bonchev–Trinajstić information content (AvgIpc) is 3.08. The van der Waals surface area contributed by atoms with Crippen LogP contribution in [0.2, 0.25) is 0 Å². The molecule has 0 saturated carbocycles. The Labute approximate surface area is 305 Å². The second-order valence-corrected chi connectivity index (χ2v) is 13.9. The number of carbonyl (C=O) groups excluding carboxylic acids is 2. The zero-order valence-corrected chi connectivity index (χ0v) is 30.6. The Balaban J connectivity index is 1.80. The molecule has 1 unspecified atom stereocenters. The maximum absolute atomic E-state index is 13.5. The number of nitrogens with two attached hydrogens (primary N) is 3. The zero-order valence-electron chi connectivity index (χ0n) is 29.0. The molecule has 0 aromatic rings. The molecule has 10 N–H and O–H groups in total. The van der Waals surface area contributed by atoms with Gasteiger partial charge in [-0.25, -0.2) is 14.0 Å². The van der Waals surface area contributed by atoms with Crippen molar-refractivity contribution >= 4 is 65.1 Å². The van der Waals surface area contributed by atoms with Crippen molar-refractivity contribution in [2.45, 2.75) is 64.0 Å². The Bertz CT molecular complexity index is 1660. The average molecular weight is 745 g/mol. The van der Waals surface area contributed by atoms with Crippen LogP contribution in [-0.4, -0.2) is 103 Å². The van der Waals surface area contributed by atoms with Gasteiger partial charge in [0, 0.05) is 30.3 Å². The molecule has 2 amide bonds. The number of allylic oxidation sites excluding steroid dienone is 6. The number of nitrogens with zero attached hydrogens (tertiary/aromatic N) is 4. The van der Waals surface area contributed by atoms with Crippen molar-refractivity contribution in [3.05, 3.63) is 70.3 Å². The smallest absolute Gasteiger partial charge is 0.352 e. The van der Waals surface area contributed by atoms with Gasteiger partial charge in [0.15, 0.2) is 24.7 Å². The Morgan fingerprint density at radius 2 is 2.02 bits per heavy atom. The summed E-state index contributed by atoms with van der Waals surface area (Å²) in [7, 11) is 0. The summed E-state index contributed by atoms with van der Waals surface area (Å²) < 4.78 is 6.11. The lowest BCUT2D eigenvalue weighted by molar-refractivity contribution is -0.439. The third-order valence-corrected chi connectivity index (χ3v) is 9.49. The molecule has 0 aromatic heterocycles. The van der Waals surface area contributed by atoms with Crippen LogP contribution >= 0.6 is 23.7 Å². The number of aliphatic carboxylic acids is 2. The van der Waals surface area contributed by atoms with Gasteiger partial charge in [0.1, 0.15) is 22.8 Å². The molecule has 0 aliphatic carbocycles. The number of unbranched alkanes of at least 4 members (excludes halogenated alkanes) is 1. The number of β-lactam (4-membered cyclic amide) rings is 1. The van der Waals surface area contributed by atoms with E-state index in [1.807, 2.05) is 36.1 Å². The van der Waals surface area contributed by atoms with E-state index in [1.54, 1.807) is 24.3 Å². The first-order chi connectivity index (χ1) is 24.2. The molecule has 18 heteroatoms. The predicted molar refractivity (Wildman–Crippen MR) is 199 cm³/mol. The van der Waals surface area contributed by atoms with Crippen LogP contribution in [0, 0.1) is 0 Å². The molecule has 0 radical (unpaired) electrons. The fraction of sp³-hybridized carbons (Fsp3) is 0.424. The fourth-order valence-corrected chi connectivity index (χ4v) is 6.37. The van der Waals surface area contributed by atoms with Crippen LogP contribution in [0.5, 0.6) is 0 Å². The van der Waals surface area contributed by atoms with Gasteiger partial charge >= 0.3 is 11.9 Å². The van der Waals surface area contributed by atoms with Gasteiger partial charge in [0.2, 0.25) is 5.60 Å². The molecule has 1 saturated heterocycles. The normalized spacial score (nSPS) is 22.1. The number of carboxylic acids is 2. The van der Waals surface area contributed by atoms with Gasteiger partial charge in [-0.2, -0.15) is 4.58 Å². The number of fused-ring (bicyclic) bond motifs is 1. The van der Waals surface area contributed by atoms with Crippen molar-refractivity contribution in [2.75, 3.05) is 25.4 Å². The number of thioether (sulfide) groups is 1. The van der Waals surface area contributed by atoms with E-state index in [4.69, 9.17) is 22.0 Å². The molecule has 0 spiro atoms. The van der Waals surface area contributed by atoms with Crippen molar-refractivity contribution in [3.63, 3.8) is 0 Å². The van der Waals surface area contributed by atoms with Crippen LogP contribution in [0.15, 0.2) is 79.9 Å². The summed E-state index contributed by atoms with van der Waals surface area (Å²) in [5, 5.41) is 28.9. The molecular weight excluding hydrogens is 699 g/mol. The molecule has 3 aliphatic heterocycles. The van der Waals surface area contributed by atoms with Gasteiger partial charge < -0.3 is 42.9 Å². The molecule has 3 heterocycles. The van der Waals surface area contributed by atoms with Crippen molar-refractivity contribution in [1.29, 1.82) is 0 Å². The lowest BCUT2D eigenvalue weighted by atomic mass is 10.0. The summed E-state index contributed by atoms with van der Waals surface area (Å²) in [6, 6.07) is -1.09. The molecule has 1 fully saturated rings. The summed E-state index contributed by atoms with van der Waals surface area (Å²) in [4.78, 5) is 57.2. The third kappa shape index (κ3) is 11.1. The van der Waals surface area contributed by atoms with E-state index in [2.05, 4.69) is 20.2 Å². The summed E-state index contributed by atoms with van der Waals surface area (Å²) in [6.45, 7) is 7.52. The molecule has 3 rings (SSSR count). The number of oxime groups is 1. The highest BCUT2D eigenvalue weighted by Crippen LogP contribution is 2.40. The highest BCUT2D eigenvalue weighted by molar-refractivity contribution is 8.02. The standard InChI is InChI=1S/C33H45N9O7S2/c1-5-6-13-24(36)51-40-20(2)25(39-49-33(3,4)32(47)48)28(43)38-26-29(44)42-27(31(45)46)21(19-50-30(26)42)11-9-17-41-16-8-7-12-22(35)23(18-41)37-15-10-14-34/h7-9,11-13,16,18,26,30,35,37H,5-6,10,14-15,17,19,34,36H2,1-4H3,(H3,38,43,45,46,47,48)/p+1/b11-9+,12-7+,16-8?,23-18?,24-13+,39-25-,40-20?/t26-,30?/m1/s1. The van der Waals surface area contributed by atoms with Crippen molar-refractivity contribution in [1.82, 2.24) is 15.5 Å². The lowest BCUT2D eigenvalue weighted by Gasteiger charge is -2.49. The largest absolute Gasteiger partial charge is 0.478 e. The monoisotopic (exact) mass is 744 g/mol. The summed E-state index contributed by atoms with van der Waals surface area (Å²) >= 11 is 2.19. The van der Waals surface area contributed by atoms with Crippen LogP contribution in [0.25, 0.3) is 0 Å². The number of carbonyl (C=O) groups is 4. The SMILES string of the molecule is CCC/C=C(\N)SN=C(C)/C(=N/OC(C)(C)C(=O)O)C(=O)N[C@@H]1C(=O)N2C(C(=O)O)=C(/C=C/C[N+]3=C/C(NCCCN)=C(N)\C=C\C=C3)CSC12. The van der Waals surface area contributed by atoms with E-state index in [9.17, 15) is 29.4 Å². The molecule has 3 aliphatic rings. The van der Waals surface area contributed by atoms with Gasteiger partial charge in [-0.3, -0.25) is 14.5 Å². The number of nitrogens with one attached hydrogen (secondary N) is 2. The molecule has 0 aromatic carbocycles. The number of hydrogen-bond donors (Lipinski definition) is 7. The maximum Gasteiger partial charge on any atom is 0.352 e. The number of rotatable bonds is 18. The van der Waals surface area contributed by atoms with Gasteiger partial charge in [-0.15, -0.1) is 11.8 Å². The molecule has 0 bridgehead atoms. The van der Waals surface area contributed by atoms with Gasteiger partial charge in [0.25, 0.3) is 11.8 Å². The van der Waals surface area contributed by atoms with Crippen LogP contribution in [0.4, 0.5) is 0 Å². The van der Waals surface area contributed by atoms with Crippen molar-refractivity contribution in [3.8, 4) is 0 Å². The zero-order chi connectivity index (χ0) is 37.7. The van der Waals surface area contributed by atoms with E-state index in [0.717, 1.165) is 41.8 Å². The predicted octanol–water partition coefficient (Wildman–Crippen LogP) is 1.50. The molecule has 16 nitrogen and oxygen atoms in total. The van der Waals surface area contributed by atoms with E-state index in [-0.39, 0.29) is 22.9 Å². The second kappa shape index (κ2) is 19.0. The van der Waals surface area contributed by atoms with E-state index in [1.165, 1.54) is 32.5 Å². The Morgan fingerprint density at radius 3 is 2.69 bits per heavy atom. The van der Waals surface area contributed by atoms with Crippen LogP contribution < -0.4 is 27.8 Å². The second-order valence-electron chi connectivity index (χ2n) is 11.9. The van der Waals surface area contributed by atoms with Gasteiger partial charge in [-0.05, 0) is 57.9 Å². The Morgan fingerprint density at radius 1 is 1.27 bits per heavy atom. The van der Waals surface area contributed by atoms with E-state index < -0.39 is 40.8 Å². The maximum atomic E-state index is 13.5. The minimum Gasteiger partial charge on any atom is -0.478 e. The van der Waals surface area contributed by atoms with Crippen LogP contribution in [0.1, 0.15) is 47.0 Å². The van der Waals surface area contributed by atoms with Gasteiger partial charge in [0.05, 0.1) is 16.4 Å². The molecule has 276 valence electrons. The summed E-state index contributed by atoms with van der Waals surface area (Å²) in [5.41, 5.74) is 17.2. The van der Waals surface area contributed by atoms with Crippen LogP contribution in [0.3, 0.4) is 0 Å². The fourth-order valence-electron chi connectivity index (χ4n) is 4.54. The lowest BCUT2D eigenvalue weighted by Crippen LogP contribution is -2.71. The van der Waals surface area contributed by atoms with Gasteiger partial charge in [-0.1, -0.05) is 36.7 Å². The van der Waals surface area contributed by atoms with E-state index in [0.29, 0.717) is 35.9 Å². The first kappa shape index (κ1) is 40.6. The summed E-state index contributed by atoms with van der Waals surface area (Å²) in [5.74, 6) is -3.86. The minimum atomic E-state index is -1.78. The number of carboxylic acid groups (broad SMARTS) is 2. The first-order valence-electron chi connectivity index (χ1n) is 16.2. The van der Waals surface area contributed by atoms with Crippen molar-refractivity contribution < 1.29 is 38.8 Å². The number of amides is 2. The topological polar surface area (TPSA) is 251 Å². The molecule has 2 atom stereocenters. The number of hydrogen-bond acceptors (Lipinski definition) is 13. The van der Waals surface area contributed by atoms with Crippen LogP contribution in [-0.2, 0) is 24.0 Å². The Hall–Kier alpha value is -4.81. The molecule has 51 heavy (non-hydrogen) atoms. The quantitative estimate of drug-likeness (QED) is 0.0263. The minimum absolute atomic E-state index is 0.0600. The van der Waals surface area contributed by atoms with Crippen molar-refractivity contribution in [2.24, 2.45) is 26.8 Å². The first-order valence-corrected chi connectivity index (χ1v) is 18.0. The Kier molecular flexibility index (Phi) is 15.1. The molecular formula is C33H46N9O7S2+. The highest BCUT2D eigenvalue weighted by atomic mass is 32.2.